The number of carbonyl (C=O) groups excluding carboxylic acids is 1. The first-order valence-electron chi connectivity index (χ1n) is 7.63. The molecule has 1 saturated carbocycles. The van der Waals surface area contributed by atoms with E-state index in [4.69, 9.17) is 0 Å². The van der Waals surface area contributed by atoms with Crippen molar-refractivity contribution in [3.63, 3.8) is 0 Å². The first-order chi connectivity index (χ1) is 9.07. The summed E-state index contributed by atoms with van der Waals surface area (Å²) in [6.07, 6.45) is 7.44. The molecule has 104 valence electrons. The smallest absolute Gasteiger partial charge is 0.135 e. The van der Waals surface area contributed by atoms with E-state index in [9.17, 15) is 4.79 Å². The lowest BCUT2D eigenvalue weighted by atomic mass is 9.71. The number of Topliss-reactive ketones (excluding diaryl/α,β-unsaturated/α-hetero) is 1. The van der Waals surface area contributed by atoms with Crippen LogP contribution in [0.25, 0.3) is 0 Å². The Hall–Kier alpha value is -1.11. The van der Waals surface area contributed by atoms with Gasteiger partial charge in [-0.05, 0) is 49.5 Å². The number of hydrogen-bond donors (Lipinski definition) is 0. The molecule has 0 spiro atoms. The van der Waals surface area contributed by atoms with Gasteiger partial charge >= 0.3 is 0 Å². The molecule has 19 heavy (non-hydrogen) atoms. The van der Waals surface area contributed by atoms with Crippen LogP contribution in [-0.2, 0) is 11.2 Å². The van der Waals surface area contributed by atoms with E-state index < -0.39 is 0 Å². The van der Waals surface area contributed by atoms with Gasteiger partial charge in [-0.1, -0.05) is 44.2 Å². The van der Waals surface area contributed by atoms with Crippen LogP contribution in [-0.4, -0.2) is 5.78 Å². The van der Waals surface area contributed by atoms with Crippen molar-refractivity contribution in [2.75, 3.05) is 0 Å². The third-order valence-electron chi connectivity index (χ3n) is 4.53. The van der Waals surface area contributed by atoms with Crippen molar-refractivity contribution in [2.45, 2.75) is 58.8 Å². The molecule has 0 radical (unpaired) electrons. The highest BCUT2D eigenvalue weighted by Gasteiger charge is 2.29. The molecule has 0 aromatic heterocycles. The Morgan fingerprint density at radius 1 is 1.16 bits per heavy atom. The number of benzene rings is 1. The summed E-state index contributed by atoms with van der Waals surface area (Å²) in [5.74, 6) is 0.857. The monoisotopic (exact) mass is 258 g/mol. The molecule has 1 aliphatic rings. The molecule has 2 rings (SSSR count). The van der Waals surface area contributed by atoms with Gasteiger partial charge in [-0.2, -0.15) is 0 Å². The molecule has 1 nitrogen and oxygen atoms in total. The van der Waals surface area contributed by atoms with Gasteiger partial charge in [0.2, 0.25) is 0 Å². The fourth-order valence-electron chi connectivity index (χ4n) is 3.04. The second kappa shape index (κ2) is 6.36. The van der Waals surface area contributed by atoms with Crippen molar-refractivity contribution in [1.29, 1.82) is 0 Å². The van der Waals surface area contributed by atoms with Crippen molar-refractivity contribution in [3.05, 3.63) is 35.9 Å². The van der Waals surface area contributed by atoms with Crippen molar-refractivity contribution >= 4 is 5.78 Å². The van der Waals surface area contributed by atoms with Crippen LogP contribution in [0.3, 0.4) is 0 Å². The maximum atomic E-state index is 12.2. The minimum atomic E-state index is 0.351. The summed E-state index contributed by atoms with van der Waals surface area (Å²) in [4.78, 5) is 12.2. The number of rotatable bonds is 5. The van der Waals surface area contributed by atoms with Gasteiger partial charge in [0.15, 0.2) is 0 Å². The third kappa shape index (κ3) is 4.49. The maximum Gasteiger partial charge on any atom is 0.135 e. The van der Waals surface area contributed by atoms with Crippen molar-refractivity contribution < 1.29 is 4.79 Å². The van der Waals surface area contributed by atoms with Crippen LogP contribution in [0.2, 0.25) is 0 Å². The Morgan fingerprint density at radius 2 is 1.79 bits per heavy atom. The Bertz CT molecular complexity index is 395. The normalized spacial score (nSPS) is 19.3. The number of aryl methyl sites for hydroxylation is 1. The van der Waals surface area contributed by atoms with Gasteiger partial charge in [0, 0.05) is 12.3 Å². The zero-order valence-electron chi connectivity index (χ0n) is 12.3. The van der Waals surface area contributed by atoms with Gasteiger partial charge in [0.1, 0.15) is 5.78 Å². The Labute approximate surface area is 117 Å². The molecule has 0 saturated heterocycles. The van der Waals surface area contributed by atoms with Crippen molar-refractivity contribution in [3.8, 4) is 0 Å². The predicted molar refractivity (Wildman–Crippen MR) is 80.1 cm³/mol. The SMILES string of the molecule is CC1(C)CCC(C(=O)CCCc2ccccc2)CC1. The second-order valence-electron chi connectivity index (χ2n) is 6.74. The average Bonchev–Trinajstić information content (AvgIpc) is 2.39. The van der Waals surface area contributed by atoms with Gasteiger partial charge in [0.05, 0.1) is 0 Å². The molecule has 1 heteroatoms. The number of carbonyl (C=O) groups is 1. The summed E-state index contributed by atoms with van der Waals surface area (Å²) in [7, 11) is 0. The first-order valence-corrected chi connectivity index (χ1v) is 7.63. The van der Waals surface area contributed by atoms with E-state index in [1.54, 1.807) is 0 Å². The fraction of sp³-hybridized carbons (Fsp3) is 0.611. The van der Waals surface area contributed by atoms with E-state index in [2.05, 4.69) is 38.1 Å². The summed E-state index contributed by atoms with van der Waals surface area (Å²) in [5, 5.41) is 0. The number of ketones is 1. The zero-order valence-corrected chi connectivity index (χ0v) is 12.3. The minimum absolute atomic E-state index is 0.351. The van der Waals surface area contributed by atoms with Crippen LogP contribution in [0.4, 0.5) is 0 Å². The largest absolute Gasteiger partial charge is 0.299 e. The standard InChI is InChI=1S/C18H26O/c1-18(2)13-11-16(12-14-18)17(19)10-6-9-15-7-4-3-5-8-15/h3-5,7-8,16H,6,9-14H2,1-2H3. The molecule has 1 fully saturated rings. The topological polar surface area (TPSA) is 17.1 Å². The molecule has 0 heterocycles. The Balaban J connectivity index is 1.70. The van der Waals surface area contributed by atoms with Crippen LogP contribution in [0.1, 0.15) is 57.9 Å². The van der Waals surface area contributed by atoms with E-state index in [1.165, 1.54) is 18.4 Å². The maximum absolute atomic E-state index is 12.2. The summed E-state index contributed by atoms with van der Waals surface area (Å²) < 4.78 is 0. The van der Waals surface area contributed by atoms with E-state index in [1.807, 2.05) is 6.07 Å². The Morgan fingerprint density at radius 3 is 2.42 bits per heavy atom. The molecule has 1 aliphatic carbocycles. The van der Waals surface area contributed by atoms with Crippen LogP contribution < -0.4 is 0 Å². The summed E-state index contributed by atoms with van der Waals surface area (Å²) in [6, 6.07) is 10.5. The second-order valence-corrected chi connectivity index (χ2v) is 6.74. The van der Waals surface area contributed by atoms with Crippen molar-refractivity contribution in [2.24, 2.45) is 11.3 Å². The molecular formula is C18H26O. The molecule has 0 unspecified atom stereocenters. The summed E-state index contributed by atoms with van der Waals surface area (Å²) >= 11 is 0. The molecular weight excluding hydrogens is 232 g/mol. The molecule has 0 bridgehead atoms. The fourth-order valence-corrected chi connectivity index (χ4v) is 3.04. The summed E-state index contributed by atoms with van der Waals surface area (Å²) in [5.41, 5.74) is 1.81. The van der Waals surface area contributed by atoms with Gasteiger partial charge in [-0.3, -0.25) is 4.79 Å². The van der Waals surface area contributed by atoms with E-state index in [-0.39, 0.29) is 0 Å². The van der Waals surface area contributed by atoms with E-state index in [0.29, 0.717) is 17.1 Å². The minimum Gasteiger partial charge on any atom is -0.299 e. The van der Waals surface area contributed by atoms with Gasteiger partial charge in [0.25, 0.3) is 0 Å². The molecule has 0 atom stereocenters. The first kappa shape index (κ1) is 14.3. The van der Waals surface area contributed by atoms with Gasteiger partial charge in [-0.25, -0.2) is 0 Å². The zero-order chi connectivity index (χ0) is 13.7. The van der Waals surface area contributed by atoms with Crippen molar-refractivity contribution in [1.82, 2.24) is 0 Å². The summed E-state index contributed by atoms with van der Waals surface area (Å²) in [6.45, 7) is 4.65. The van der Waals surface area contributed by atoms with Crippen LogP contribution in [0.15, 0.2) is 30.3 Å². The van der Waals surface area contributed by atoms with E-state index in [0.717, 1.165) is 32.1 Å². The lowest BCUT2D eigenvalue weighted by molar-refractivity contribution is -0.124. The lowest BCUT2D eigenvalue weighted by Gasteiger charge is -2.33. The van der Waals surface area contributed by atoms with Crippen LogP contribution >= 0.6 is 0 Å². The van der Waals surface area contributed by atoms with Crippen LogP contribution in [0, 0.1) is 11.3 Å². The van der Waals surface area contributed by atoms with Crippen LogP contribution in [0.5, 0.6) is 0 Å². The quantitative estimate of drug-likeness (QED) is 0.741. The lowest BCUT2D eigenvalue weighted by Crippen LogP contribution is -2.26. The molecule has 1 aromatic carbocycles. The van der Waals surface area contributed by atoms with Gasteiger partial charge < -0.3 is 0 Å². The molecule has 0 amide bonds. The molecule has 0 aliphatic heterocycles. The average molecular weight is 258 g/mol. The predicted octanol–water partition coefficient (Wildman–Crippen LogP) is 4.79. The highest BCUT2D eigenvalue weighted by molar-refractivity contribution is 5.81. The molecule has 1 aromatic rings. The third-order valence-corrected chi connectivity index (χ3v) is 4.53. The highest BCUT2D eigenvalue weighted by atomic mass is 16.1. The van der Waals surface area contributed by atoms with E-state index >= 15 is 0 Å². The highest BCUT2D eigenvalue weighted by Crippen LogP contribution is 2.38. The Kier molecular flexibility index (Phi) is 4.79. The number of hydrogen-bond acceptors (Lipinski definition) is 1. The molecule has 0 N–H and O–H groups in total. The van der Waals surface area contributed by atoms with Gasteiger partial charge in [-0.15, -0.1) is 0 Å².